The first kappa shape index (κ1) is 19.7. The number of benzene rings is 2. The quantitative estimate of drug-likeness (QED) is 0.511. The number of rotatable bonds is 6. The van der Waals surface area contributed by atoms with Crippen molar-refractivity contribution < 1.29 is 14.6 Å². The second-order valence-corrected chi connectivity index (χ2v) is 7.57. The smallest absolute Gasteiger partial charge is 0.266 e. The standard InChI is InChI=1S/C20H19BrN2O3S/c1-2-26-11-10-23-19(25)18(13-14-8-9-17(24)16(21)12-14)27-20(23)22-15-6-4-3-5-7-15/h3-9,12-13,24H,2,10-11H2,1H3. The number of thioether (sulfide) groups is 1. The van der Waals surface area contributed by atoms with Crippen LogP contribution in [0.1, 0.15) is 12.5 Å². The number of phenols is 1. The van der Waals surface area contributed by atoms with Crippen LogP contribution in [0.3, 0.4) is 0 Å². The molecule has 7 heteroatoms. The summed E-state index contributed by atoms with van der Waals surface area (Å²) in [6, 6.07) is 14.7. The minimum Gasteiger partial charge on any atom is -0.507 e. The van der Waals surface area contributed by atoms with Gasteiger partial charge in [0.05, 0.1) is 28.2 Å². The maximum Gasteiger partial charge on any atom is 0.266 e. The van der Waals surface area contributed by atoms with E-state index in [0.717, 1.165) is 11.3 Å². The molecule has 0 spiro atoms. The summed E-state index contributed by atoms with van der Waals surface area (Å²) in [6.45, 7) is 3.43. The van der Waals surface area contributed by atoms with Gasteiger partial charge in [-0.2, -0.15) is 0 Å². The summed E-state index contributed by atoms with van der Waals surface area (Å²) in [5, 5.41) is 10.3. The Hall–Kier alpha value is -2.09. The Kier molecular flexibility index (Phi) is 6.71. The van der Waals surface area contributed by atoms with Gasteiger partial charge in [0.1, 0.15) is 5.75 Å². The van der Waals surface area contributed by atoms with Crippen molar-refractivity contribution in [3.63, 3.8) is 0 Å². The Morgan fingerprint density at radius 3 is 2.74 bits per heavy atom. The summed E-state index contributed by atoms with van der Waals surface area (Å²) in [7, 11) is 0. The third kappa shape index (κ3) is 5.00. The van der Waals surface area contributed by atoms with Gasteiger partial charge in [-0.1, -0.05) is 24.3 Å². The van der Waals surface area contributed by atoms with E-state index < -0.39 is 0 Å². The van der Waals surface area contributed by atoms with Crippen LogP contribution < -0.4 is 0 Å². The number of carbonyl (C=O) groups excluding carboxylic acids is 1. The van der Waals surface area contributed by atoms with E-state index in [1.54, 1.807) is 29.2 Å². The highest BCUT2D eigenvalue weighted by molar-refractivity contribution is 9.10. The Balaban J connectivity index is 1.90. The van der Waals surface area contributed by atoms with Gasteiger partial charge >= 0.3 is 0 Å². The van der Waals surface area contributed by atoms with Gasteiger partial charge in [0.2, 0.25) is 0 Å². The number of para-hydroxylation sites is 1. The molecule has 2 aromatic carbocycles. The van der Waals surface area contributed by atoms with Crippen LogP contribution in [0.2, 0.25) is 0 Å². The molecule has 27 heavy (non-hydrogen) atoms. The van der Waals surface area contributed by atoms with Crippen LogP contribution in [0.15, 0.2) is 62.9 Å². The number of halogens is 1. The molecule has 0 aromatic heterocycles. The van der Waals surface area contributed by atoms with Crippen molar-refractivity contribution in [1.82, 2.24) is 4.90 Å². The zero-order valence-corrected chi connectivity index (χ0v) is 17.2. The molecule has 0 radical (unpaired) electrons. The highest BCUT2D eigenvalue weighted by Gasteiger charge is 2.33. The second-order valence-electron chi connectivity index (χ2n) is 5.71. The molecular weight excluding hydrogens is 428 g/mol. The van der Waals surface area contributed by atoms with Crippen LogP contribution in [0.4, 0.5) is 5.69 Å². The maximum absolute atomic E-state index is 12.9. The van der Waals surface area contributed by atoms with Gasteiger partial charge in [-0.25, -0.2) is 4.99 Å². The molecule has 0 unspecified atom stereocenters. The molecule has 1 aliphatic heterocycles. The van der Waals surface area contributed by atoms with E-state index in [2.05, 4.69) is 20.9 Å². The van der Waals surface area contributed by atoms with Gasteiger partial charge < -0.3 is 9.84 Å². The fraction of sp³-hybridized carbons (Fsp3) is 0.200. The molecule has 1 N–H and O–H groups in total. The fourth-order valence-corrected chi connectivity index (χ4v) is 3.89. The summed E-state index contributed by atoms with van der Waals surface area (Å²) < 4.78 is 6.00. The van der Waals surface area contributed by atoms with Gasteiger partial charge in [-0.15, -0.1) is 0 Å². The molecule has 0 saturated carbocycles. The van der Waals surface area contributed by atoms with Crippen LogP contribution in [-0.2, 0) is 9.53 Å². The summed E-state index contributed by atoms with van der Waals surface area (Å²) in [4.78, 5) is 19.8. The number of hydrogen-bond donors (Lipinski definition) is 1. The summed E-state index contributed by atoms with van der Waals surface area (Å²) in [5.74, 6) is 0.0609. The first-order chi connectivity index (χ1) is 13.1. The van der Waals surface area contributed by atoms with E-state index in [0.29, 0.717) is 34.3 Å². The molecule has 0 bridgehead atoms. The lowest BCUT2D eigenvalue weighted by Crippen LogP contribution is -2.32. The third-order valence-electron chi connectivity index (χ3n) is 3.80. The first-order valence-corrected chi connectivity index (χ1v) is 10.1. The molecular formula is C20H19BrN2O3S. The Labute approximate surface area is 170 Å². The van der Waals surface area contributed by atoms with Crippen LogP contribution in [0.5, 0.6) is 5.75 Å². The third-order valence-corrected chi connectivity index (χ3v) is 5.44. The lowest BCUT2D eigenvalue weighted by Gasteiger charge is -2.15. The molecule has 1 heterocycles. The lowest BCUT2D eigenvalue weighted by molar-refractivity contribution is -0.122. The predicted octanol–water partition coefficient (Wildman–Crippen LogP) is 4.80. The van der Waals surface area contributed by atoms with Gasteiger partial charge in [-0.05, 0) is 70.5 Å². The van der Waals surface area contributed by atoms with E-state index >= 15 is 0 Å². The molecule has 1 amide bonds. The first-order valence-electron chi connectivity index (χ1n) is 8.50. The van der Waals surface area contributed by atoms with Crippen molar-refractivity contribution in [2.75, 3.05) is 19.8 Å². The molecule has 2 aromatic rings. The number of hydrogen-bond acceptors (Lipinski definition) is 5. The van der Waals surface area contributed by atoms with Gasteiger partial charge in [0, 0.05) is 6.61 Å². The van der Waals surface area contributed by atoms with E-state index in [4.69, 9.17) is 4.74 Å². The number of aliphatic imine (C=N–C) groups is 1. The van der Waals surface area contributed by atoms with E-state index in [1.807, 2.05) is 37.3 Å². The highest BCUT2D eigenvalue weighted by Crippen LogP contribution is 2.35. The van der Waals surface area contributed by atoms with Crippen LogP contribution >= 0.6 is 27.7 Å². The number of carbonyl (C=O) groups is 1. The fourth-order valence-electron chi connectivity index (χ4n) is 2.47. The molecule has 3 rings (SSSR count). The molecule has 1 fully saturated rings. The minimum absolute atomic E-state index is 0.0985. The predicted molar refractivity (Wildman–Crippen MR) is 113 cm³/mol. The van der Waals surface area contributed by atoms with Gasteiger partial charge in [0.25, 0.3) is 5.91 Å². The van der Waals surface area contributed by atoms with Crippen LogP contribution in [0, 0.1) is 0 Å². The summed E-state index contributed by atoms with van der Waals surface area (Å²) >= 11 is 4.64. The normalized spacial score (nSPS) is 17.3. The molecule has 1 aliphatic rings. The Morgan fingerprint density at radius 1 is 1.26 bits per heavy atom. The van der Waals surface area contributed by atoms with E-state index in [1.165, 1.54) is 11.8 Å². The number of phenolic OH excluding ortho intramolecular Hbond substituents is 1. The SMILES string of the molecule is CCOCCN1C(=O)C(=Cc2ccc(O)c(Br)c2)SC1=Nc1ccccc1. The van der Waals surface area contributed by atoms with Crippen molar-refractivity contribution >= 4 is 50.5 Å². The van der Waals surface area contributed by atoms with Crippen molar-refractivity contribution in [3.05, 3.63) is 63.5 Å². The molecule has 5 nitrogen and oxygen atoms in total. The minimum atomic E-state index is -0.0985. The number of amidine groups is 1. The van der Waals surface area contributed by atoms with Crippen molar-refractivity contribution in [3.8, 4) is 5.75 Å². The molecule has 0 aliphatic carbocycles. The van der Waals surface area contributed by atoms with E-state index in [9.17, 15) is 9.90 Å². The zero-order chi connectivity index (χ0) is 19.2. The van der Waals surface area contributed by atoms with Crippen LogP contribution in [-0.4, -0.2) is 40.8 Å². The summed E-state index contributed by atoms with van der Waals surface area (Å²) in [5.41, 5.74) is 1.61. The van der Waals surface area contributed by atoms with Gasteiger partial charge in [0.15, 0.2) is 5.17 Å². The van der Waals surface area contributed by atoms with E-state index in [-0.39, 0.29) is 11.7 Å². The van der Waals surface area contributed by atoms with Crippen LogP contribution in [0.25, 0.3) is 6.08 Å². The number of nitrogens with zero attached hydrogens (tertiary/aromatic N) is 2. The van der Waals surface area contributed by atoms with Crippen molar-refractivity contribution in [2.24, 2.45) is 4.99 Å². The van der Waals surface area contributed by atoms with Gasteiger partial charge in [-0.3, -0.25) is 9.69 Å². The topological polar surface area (TPSA) is 62.1 Å². The monoisotopic (exact) mass is 446 g/mol. The second kappa shape index (κ2) is 9.21. The number of ether oxygens (including phenoxy) is 1. The lowest BCUT2D eigenvalue weighted by atomic mass is 10.2. The molecule has 0 atom stereocenters. The van der Waals surface area contributed by atoms with Crippen molar-refractivity contribution in [2.45, 2.75) is 6.92 Å². The molecule has 1 saturated heterocycles. The maximum atomic E-state index is 12.9. The number of aromatic hydroxyl groups is 1. The Bertz CT molecular complexity index is 884. The highest BCUT2D eigenvalue weighted by atomic mass is 79.9. The summed E-state index contributed by atoms with van der Waals surface area (Å²) in [6.07, 6.45) is 1.80. The zero-order valence-electron chi connectivity index (χ0n) is 14.8. The average molecular weight is 447 g/mol. The largest absolute Gasteiger partial charge is 0.507 e. The van der Waals surface area contributed by atoms with Crippen molar-refractivity contribution in [1.29, 1.82) is 0 Å². The molecule has 140 valence electrons. The average Bonchev–Trinajstić information content (AvgIpc) is 2.94. The Morgan fingerprint density at radius 2 is 2.04 bits per heavy atom. The number of amides is 1.